The van der Waals surface area contributed by atoms with E-state index in [1.54, 1.807) is 11.3 Å². The van der Waals surface area contributed by atoms with E-state index in [1.807, 2.05) is 0 Å². The molecule has 14 aromatic rings. The van der Waals surface area contributed by atoms with Crippen LogP contribution in [0.1, 0.15) is 0 Å². The fraction of sp³-hybridized carbons (Fsp3) is 0. The van der Waals surface area contributed by atoms with Gasteiger partial charge in [0.1, 0.15) is 11.2 Å². The molecular formula is C56H32N4OS. The van der Waals surface area contributed by atoms with E-state index in [1.165, 1.54) is 26.6 Å². The maximum Gasteiger partial charge on any atom is 0.235 e. The Bertz CT molecular complexity index is 4160. The fourth-order valence-corrected chi connectivity index (χ4v) is 11.2. The first kappa shape index (κ1) is 33.7. The molecule has 0 saturated carbocycles. The summed E-state index contributed by atoms with van der Waals surface area (Å²) in [5.41, 5.74) is 12.5. The number of fused-ring (bicyclic) bond motifs is 15. The first-order chi connectivity index (χ1) is 30.8. The van der Waals surface area contributed by atoms with Crippen molar-refractivity contribution in [3.8, 4) is 34.0 Å². The highest BCUT2D eigenvalue weighted by Gasteiger charge is 2.24. The first-order valence-corrected chi connectivity index (χ1v) is 21.7. The van der Waals surface area contributed by atoms with Crippen molar-refractivity contribution >= 4 is 108 Å². The van der Waals surface area contributed by atoms with Crippen molar-refractivity contribution in [2.75, 3.05) is 0 Å². The van der Waals surface area contributed by atoms with Gasteiger partial charge in [-0.05, 0) is 59.0 Å². The van der Waals surface area contributed by atoms with Gasteiger partial charge in [0.15, 0.2) is 0 Å². The summed E-state index contributed by atoms with van der Waals surface area (Å²) in [4.78, 5) is 10.8. The highest BCUT2D eigenvalue weighted by molar-refractivity contribution is 7.26. The zero-order valence-corrected chi connectivity index (χ0v) is 33.9. The first-order valence-electron chi connectivity index (χ1n) is 20.9. The van der Waals surface area contributed by atoms with Gasteiger partial charge in [-0.25, -0.2) is 9.97 Å². The molecule has 5 aromatic heterocycles. The summed E-state index contributed by atoms with van der Waals surface area (Å²) in [6.45, 7) is 0. The summed E-state index contributed by atoms with van der Waals surface area (Å²) in [6, 6.07) is 69.3. The third-order valence-electron chi connectivity index (χ3n) is 12.7. The van der Waals surface area contributed by atoms with Crippen LogP contribution in [0.3, 0.4) is 0 Å². The lowest BCUT2D eigenvalue weighted by Gasteiger charge is -2.13. The number of hydrogen-bond acceptors (Lipinski definition) is 4. The quantitative estimate of drug-likeness (QED) is 0.178. The van der Waals surface area contributed by atoms with Crippen LogP contribution < -0.4 is 0 Å². The molecule has 0 bridgehead atoms. The van der Waals surface area contributed by atoms with Crippen LogP contribution in [0.4, 0.5) is 0 Å². The van der Waals surface area contributed by atoms with Crippen LogP contribution in [0.2, 0.25) is 0 Å². The number of benzene rings is 9. The van der Waals surface area contributed by atoms with E-state index in [2.05, 4.69) is 203 Å². The highest BCUT2D eigenvalue weighted by Crippen LogP contribution is 2.46. The number of nitrogens with zero attached hydrogens (tertiary/aromatic N) is 4. The van der Waals surface area contributed by atoms with Crippen molar-refractivity contribution in [1.29, 1.82) is 0 Å². The summed E-state index contributed by atoms with van der Waals surface area (Å²) in [5, 5.41) is 10.2. The molecule has 0 aliphatic heterocycles. The van der Waals surface area contributed by atoms with Crippen LogP contribution in [-0.4, -0.2) is 19.1 Å². The van der Waals surface area contributed by atoms with Gasteiger partial charge in [-0.3, -0.25) is 4.57 Å². The lowest BCUT2D eigenvalue weighted by Crippen LogP contribution is -2.02. The van der Waals surface area contributed by atoms with Crippen molar-refractivity contribution in [1.82, 2.24) is 19.1 Å². The molecule has 0 aliphatic carbocycles. The summed E-state index contributed by atoms with van der Waals surface area (Å²) in [7, 11) is 0. The number of aromatic nitrogens is 4. The van der Waals surface area contributed by atoms with E-state index < -0.39 is 0 Å². The molecule has 288 valence electrons. The van der Waals surface area contributed by atoms with E-state index in [0.717, 1.165) is 98.1 Å². The van der Waals surface area contributed by atoms with E-state index in [-0.39, 0.29) is 0 Å². The number of thiophene rings is 1. The van der Waals surface area contributed by atoms with Crippen LogP contribution in [0.25, 0.3) is 131 Å². The Balaban J connectivity index is 1.05. The molecule has 0 spiro atoms. The van der Waals surface area contributed by atoms with Gasteiger partial charge < -0.3 is 8.98 Å². The molecule has 0 unspecified atom stereocenters. The zero-order chi connectivity index (χ0) is 40.5. The van der Waals surface area contributed by atoms with E-state index in [0.29, 0.717) is 5.95 Å². The van der Waals surface area contributed by atoms with E-state index in [4.69, 9.17) is 14.4 Å². The molecule has 0 aliphatic rings. The molecule has 6 heteroatoms. The summed E-state index contributed by atoms with van der Waals surface area (Å²) in [6.07, 6.45) is 0. The van der Waals surface area contributed by atoms with Gasteiger partial charge in [-0.1, -0.05) is 146 Å². The number of para-hydroxylation sites is 2. The molecular weight excluding hydrogens is 777 g/mol. The van der Waals surface area contributed by atoms with Gasteiger partial charge in [0.25, 0.3) is 0 Å². The standard InChI is InChI=1S/C56H32N4OS/c1-3-15-33(16-4-1)35-27-29-45-42(31-35)37-20-9-12-24-43(37)59(45)47-32-48-50(38-21-8-7-19-36(38)47)41-28-30-46-51(54(41)61-48)39-22-10-13-25-44(39)60(46)56-57-52(34-17-5-2-6-18-34)55-53(58-56)40-23-11-14-26-49(40)62-55/h1-32H. The maximum absolute atomic E-state index is 7.21. The Morgan fingerprint density at radius 1 is 0.403 bits per heavy atom. The largest absolute Gasteiger partial charge is 0.455 e. The second kappa shape index (κ2) is 12.7. The van der Waals surface area contributed by atoms with Crippen molar-refractivity contribution in [2.45, 2.75) is 0 Å². The van der Waals surface area contributed by atoms with Gasteiger partial charge >= 0.3 is 0 Å². The predicted octanol–water partition coefficient (Wildman–Crippen LogP) is 15.4. The Labute approximate surface area is 358 Å². The SMILES string of the molecule is c1ccc(-c2ccc3c(c2)c2ccccc2n3-c2cc3oc4c(ccc5c4c4ccccc4n5-c4nc(-c5ccccc5)c5sc6ccccc6c5n4)c3c3ccccc23)cc1. The smallest absolute Gasteiger partial charge is 0.235 e. The second-order valence-corrected chi connectivity index (χ2v) is 17.1. The fourth-order valence-electron chi connectivity index (χ4n) is 10.0. The molecule has 9 aromatic carbocycles. The molecule has 14 rings (SSSR count). The average Bonchev–Trinajstić information content (AvgIpc) is 4.09. The molecule has 5 nitrogen and oxygen atoms in total. The predicted molar refractivity (Wildman–Crippen MR) is 259 cm³/mol. The van der Waals surface area contributed by atoms with E-state index >= 15 is 0 Å². The molecule has 62 heavy (non-hydrogen) atoms. The second-order valence-electron chi connectivity index (χ2n) is 16.1. The van der Waals surface area contributed by atoms with Crippen molar-refractivity contribution in [3.05, 3.63) is 194 Å². The van der Waals surface area contributed by atoms with E-state index in [9.17, 15) is 0 Å². The average molecular weight is 809 g/mol. The van der Waals surface area contributed by atoms with Crippen LogP contribution in [0, 0.1) is 0 Å². The Morgan fingerprint density at radius 3 is 1.84 bits per heavy atom. The van der Waals surface area contributed by atoms with Crippen molar-refractivity contribution in [2.24, 2.45) is 0 Å². The maximum atomic E-state index is 7.21. The molecule has 0 saturated heterocycles. The molecule has 0 atom stereocenters. The zero-order valence-electron chi connectivity index (χ0n) is 33.1. The van der Waals surface area contributed by atoms with Gasteiger partial charge in [-0.2, -0.15) is 0 Å². The van der Waals surface area contributed by atoms with Crippen LogP contribution in [0.5, 0.6) is 0 Å². The third kappa shape index (κ3) is 4.67. The lowest BCUT2D eigenvalue weighted by molar-refractivity contribution is 0.673. The topological polar surface area (TPSA) is 48.8 Å². The Hall–Kier alpha value is -8.06. The molecule has 5 heterocycles. The summed E-state index contributed by atoms with van der Waals surface area (Å²) >= 11 is 1.75. The minimum atomic E-state index is 0.635. The highest BCUT2D eigenvalue weighted by atomic mass is 32.1. The van der Waals surface area contributed by atoms with Crippen molar-refractivity contribution < 1.29 is 4.42 Å². The number of furan rings is 1. The minimum Gasteiger partial charge on any atom is -0.455 e. The number of hydrogen-bond donors (Lipinski definition) is 0. The molecule has 0 radical (unpaired) electrons. The summed E-state index contributed by atoms with van der Waals surface area (Å²) in [5.74, 6) is 0.635. The Kier molecular flexibility index (Phi) is 6.92. The normalized spacial score (nSPS) is 12.2. The summed E-state index contributed by atoms with van der Waals surface area (Å²) < 4.78 is 14.1. The van der Waals surface area contributed by atoms with Gasteiger partial charge in [0, 0.05) is 54.0 Å². The molecule has 0 N–H and O–H groups in total. The monoisotopic (exact) mass is 808 g/mol. The minimum absolute atomic E-state index is 0.635. The van der Waals surface area contributed by atoms with Gasteiger partial charge in [-0.15, -0.1) is 11.3 Å². The van der Waals surface area contributed by atoms with Gasteiger partial charge in [0.2, 0.25) is 5.95 Å². The van der Waals surface area contributed by atoms with Gasteiger partial charge in [0.05, 0.1) is 49.1 Å². The number of rotatable bonds is 4. The van der Waals surface area contributed by atoms with Crippen LogP contribution >= 0.6 is 11.3 Å². The van der Waals surface area contributed by atoms with Crippen molar-refractivity contribution in [3.63, 3.8) is 0 Å². The molecule has 0 fully saturated rings. The Morgan fingerprint density at radius 2 is 1.03 bits per heavy atom. The lowest BCUT2D eigenvalue weighted by atomic mass is 10.0. The van der Waals surface area contributed by atoms with Crippen LogP contribution in [-0.2, 0) is 0 Å². The molecule has 0 amide bonds. The van der Waals surface area contributed by atoms with Crippen LogP contribution in [0.15, 0.2) is 199 Å². The third-order valence-corrected chi connectivity index (χ3v) is 13.9.